The van der Waals surface area contributed by atoms with Crippen molar-refractivity contribution in [3.05, 3.63) is 59.5 Å². The summed E-state index contributed by atoms with van der Waals surface area (Å²) in [6.07, 6.45) is 2.19. The zero-order chi connectivity index (χ0) is 22.9. The number of piperazine rings is 1. The van der Waals surface area contributed by atoms with Gasteiger partial charge in [0.25, 0.3) is 0 Å². The van der Waals surface area contributed by atoms with Gasteiger partial charge >= 0.3 is 0 Å². The second-order valence-electron chi connectivity index (χ2n) is 8.95. The molecule has 0 unspecified atom stereocenters. The van der Waals surface area contributed by atoms with Gasteiger partial charge in [-0.1, -0.05) is 0 Å². The van der Waals surface area contributed by atoms with Gasteiger partial charge in [0.2, 0.25) is 5.95 Å². The molecule has 0 saturated carbocycles. The van der Waals surface area contributed by atoms with Crippen LogP contribution in [0.25, 0.3) is 0 Å². The lowest BCUT2D eigenvalue weighted by atomic mass is 10.1. The Hall–Kier alpha value is -3.39. The number of halogens is 1. The van der Waals surface area contributed by atoms with Gasteiger partial charge in [0.1, 0.15) is 0 Å². The van der Waals surface area contributed by atoms with E-state index in [4.69, 9.17) is 0 Å². The summed E-state index contributed by atoms with van der Waals surface area (Å²) in [7, 11) is 4.24. The van der Waals surface area contributed by atoms with E-state index in [-0.39, 0.29) is 5.82 Å². The quantitative estimate of drug-likeness (QED) is 0.609. The van der Waals surface area contributed by atoms with Crippen molar-refractivity contribution >= 4 is 34.5 Å². The second kappa shape index (κ2) is 8.86. The molecule has 7 nitrogen and oxygen atoms in total. The number of fused-ring (bicyclic) bond motifs is 1. The van der Waals surface area contributed by atoms with Gasteiger partial charge in [-0.2, -0.15) is 4.98 Å². The fourth-order valence-electron chi connectivity index (χ4n) is 4.56. The molecular weight excluding hydrogens is 417 g/mol. The number of rotatable bonds is 5. The van der Waals surface area contributed by atoms with Gasteiger partial charge in [-0.15, -0.1) is 0 Å². The van der Waals surface area contributed by atoms with E-state index in [1.165, 1.54) is 28.7 Å². The van der Waals surface area contributed by atoms with Crippen molar-refractivity contribution in [3.8, 4) is 0 Å². The molecule has 5 rings (SSSR count). The molecule has 2 N–H and O–H groups in total. The van der Waals surface area contributed by atoms with E-state index in [0.29, 0.717) is 5.95 Å². The van der Waals surface area contributed by atoms with Gasteiger partial charge in [-0.25, -0.2) is 9.37 Å². The smallest absolute Gasteiger partial charge is 0.229 e. The molecule has 1 aromatic heterocycles. The Labute approximate surface area is 194 Å². The Bertz CT molecular complexity index is 1160. The van der Waals surface area contributed by atoms with Crippen LogP contribution in [0, 0.1) is 12.7 Å². The fraction of sp³-hybridized carbons (Fsp3) is 0.360. The average Bonchev–Trinajstić information content (AvgIpc) is 3.17. The van der Waals surface area contributed by atoms with E-state index in [2.05, 4.69) is 80.6 Å². The minimum atomic E-state index is -0.486. The highest BCUT2D eigenvalue weighted by Gasteiger charge is 2.18. The summed E-state index contributed by atoms with van der Waals surface area (Å²) in [5, 5.41) is 6.34. The maximum Gasteiger partial charge on any atom is 0.229 e. The zero-order valence-electron chi connectivity index (χ0n) is 19.4. The first-order chi connectivity index (χ1) is 16.0. The molecule has 3 heterocycles. The van der Waals surface area contributed by atoms with Crippen LogP contribution in [0.15, 0.2) is 42.6 Å². The normalized spacial score (nSPS) is 16.1. The number of aryl methyl sites for hydroxylation is 1. The summed E-state index contributed by atoms with van der Waals surface area (Å²) in [6.45, 7) is 7.31. The molecule has 0 radical (unpaired) electrons. The molecule has 0 aliphatic carbocycles. The third-order valence-electron chi connectivity index (χ3n) is 6.51. The van der Waals surface area contributed by atoms with Crippen LogP contribution in [0.3, 0.4) is 0 Å². The topological polar surface area (TPSA) is 59.6 Å². The molecule has 8 heteroatoms. The summed E-state index contributed by atoms with van der Waals surface area (Å²) in [6, 6.07) is 12.3. The first-order valence-corrected chi connectivity index (χ1v) is 11.4. The minimum Gasteiger partial charge on any atom is -0.374 e. The van der Waals surface area contributed by atoms with E-state index in [1.54, 1.807) is 0 Å². The lowest BCUT2D eigenvalue weighted by molar-refractivity contribution is 0.312. The van der Waals surface area contributed by atoms with Crippen molar-refractivity contribution in [2.75, 3.05) is 67.3 Å². The van der Waals surface area contributed by atoms with Crippen molar-refractivity contribution in [1.29, 1.82) is 0 Å². The molecule has 1 fully saturated rings. The van der Waals surface area contributed by atoms with Gasteiger partial charge in [-0.3, -0.25) is 0 Å². The molecule has 0 bridgehead atoms. The SMILES string of the molecule is Cc1cc(Nc2ncc(F)c(Nc3ccc4c(c3)CCN4C)n2)ccc1N1CCN(C)CC1. The molecule has 0 spiro atoms. The molecule has 2 aliphatic rings. The minimum absolute atomic E-state index is 0.157. The Balaban J connectivity index is 1.31. The molecule has 172 valence electrons. The van der Waals surface area contributed by atoms with Gasteiger partial charge in [-0.05, 0) is 67.9 Å². The average molecular weight is 448 g/mol. The summed E-state index contributed by atoms with van der Waals surface area (Å²) in [5.41, 5.74) is 6.61. The highest BCUT2D eigenvalue weighted by Crippen LogP contribution is 2.31. The number of nitrogens with zero attached hydrogens (tertiary/aromatic N) is 5. The molecule has 0 atom stereocenters. The van der Waals surface area contributed by atoms with Crippen molar-refractivity contribution in [2.24, 2.45) is 0 Å². The predicted molar refractivity (Wildman–Crippen MR) is 133 cm³/mol. The van der Waals surface area contributed by atoms with Crippen molar-refractivity contribution < 1.29 is 4.39 Å². The molecule has 3 aromatic rings. The molecule has 2 aromatic carbocycles. The zero-order valence-corrected chi connectivity index (χ0v) is 19.4. The number of anilines is 6. The number of benzene rings is 2. The Morgan fingerprint density at radius 3 is 2.36 bits per heavy atom. The van der Waals surface area contributed by atoms with Crippen LogP contribution in [-0.4, -0.2) is 61.7 Å². The van der Waals surface area contributed by atoms with E-state index < -0.39 is 5.82 Å². The predicted octanol–water partition coefficient (Wildman–Crippen LogP) is 4.16. The van der Waals surface area contributed by atoms with E-state index >= 15 is 0 Å². The maximum atomic E-state index is 14.4. The van der Waals surface area contributed by atoms with E-state index in [0.717, 1.165) is 50.5 Å². The number of aromatic nitrogens is 2. The van der Waals surface area contributed by atoms with Gasteiger partial charge < -0.3 is 25.3 Å². The fourth-order valence-corrected chi connectivity index (χ4v) is 4.56. The number of nitrogens with one attached hydrogen (secondary N) is 2. The lowest BCUT2D eigenvalue weighted by Crippen LogP contribution is -2.44. The van der Waals surface area contributed by atoms with Crippen LogP contribution >= 0.6 is 0 Å². The summed E-state index contributed by atoms with van der Waals surface area (Å²) in [4.78, 5) is 15.5. The monoisotopic (exact) mass is 447 g/mol. The maximum absolute atomic E-state index is 14.4. The summed E-state index contributed by atoms with van der Waals surface area (Å²) < 4.78 is 14.4. The Morgan fingerprint density at radius 1 is 0.879 bits per heavy atom. The van der Waals surface area contributed by atoms with Crippen molar-refractivity contribution in [2.45, 2.75) is 13.3 Å². The van der Waals surface area contributed by atoms with Crippen LogP contribution in [0.1, 0.15) is 11.1 Å². The number of hydrogen-bond donors (Lipinski definition) is 2. The molecule has 2 aliphatic heterocycles. The largest absolute Gasteiger partial charge is 0.374 e. The van der Waals surface area contributed by atoms with E-state index in [9.17, 15) is 4.39 Å². The highest BCUT2D eigenvalue weighted by molar-refractivity contribution is 5.68. The first kappa shape index (κ1) is 21.5. The van der Waals surface area contributed by atoms with Crippen LogP contribution in [0.4, 0.5) is 38.9 Å². The summed E-state index contributed by atoms with van der Waals surface area (Å²) in [5.74, 6) is 0.0240. The van der Waals surface area contributed by atoms with Gasteiger partial charge in [0.15, 0.2) is 11.6 Å². The third-order valence-corrected chi connectivity index (χ3v) is 6.51. The molecular formula is C25H30FN7. The van der Waals surface area contributed by atoms with Crippen molar-refractivity contribution in [1.82, 2.24) is 14.9 Å². The van der Waals surface area contributed by atoms with Crippen molar-refractivity contribution in [3.63, 3.8) is 0 Å². The standard InChI is InChI=1S/C25H30FN7/c1-17-14-19(4-6-22(17)33-12-10-31(2)11-13-33)29-25-27-16-21(26)24(30-25)28-20-5-7-23-18(15-20)8-9-32(23)3/h4-7,14-16H,8-13H2,1-3H3,(H2,27,28,29,30). The highest BCUT2D eigenvalue weighted by atomic mass is 19.1. The lowest BCUT2D eigenvalue weighted by Gasteiger charge is -2.35. The number of hydrogen-bond acceptors (Lipinski definition) is 7. The third kappa shape index (κ3) is 4.57. The molecule has 33 heavy (non-hydrogen) atoms. The Kier molecular flexibility index (Phi) is 5.76. The number of likely N-dealkylation sites (N-methyl/N-ethyl adjacent to an activating group) is 2. The van der Waals surface area contributed by atoms with Crippen LogP contribution < -0.4 is 20.4 Å². The van der Waals surface area contributed by atoms with Gasteiger partial charge in [0.05, 0.1) is 6.20 Å². The van der Waals surface area contributed by atoms with E-state index in [1.807, 2.05) is 12.1 Å². The second-order valence-corrected chi connectivity index (χ2v) is 8.95. The first-order valence-electron chi connectivity index (χ1n) is 11.4. The Morgan fingerprint density at radius 2 is 1.61 bits per heavy atom. The van der Waals surface area contributed by atoms with Crippen LogP contribution in [0.2, 0.25) is 0 Å². The van der Waals surface area contributed by atoms with Crippen LogP contribution in [0.5, 0.6) is 0 Å². The molecule has 1 saturated heterocycles. The molecule has 0 amide bonds. The van der Waals surface area contributed by atoms with Gasteiger partial charge in [0, 0.05) is 62.5 Å². The van der Waals surface area contributed by atoms with Crippen LogP contribution in [-0.2, 0) is 6.42 Å². The summed E-state index contributed by atoms with van der Waals surface area (Å²) >= 11 is 0.